The standard InChI is InChI=1S/C16H30N2O2/c1-15(2)6-4-13(5-7-15)10-18-14(19)16(12-20-3)8-9-17-11-16/h13,17H,4-12H2,1-3H3,(H,18,19). The van der Waals surface area contributed by atoms with Crippen molar-refractivity contribution in [2.24, 2.45) is 16.7 Å². The third kappa shape index (κ3) is 3.73. The molecule has 0 radical (unpaired) electrons. The van der Waals surface area contributed by atoms with Crippen LogP contribution in [0.2, 0.25) is 0 Å². The van der Waals surface area contributed by atoms with Gasteiger partial charge >= 0.3 is 0 Å². The highest BCUT2D eigenvalue weighted by molar-refractivity contribution is 5.83. The number of nitrogens with one attached hydrogen (secondary N) is 2. The minimum Gasteiger partial charge on any atom is -0.384 e. The fraction of sp³-hybridized carbons (Fsp3) is 0.938. The first-order valence-corrected chi connectivity index (χ1v) is 7.95. The molecule has 2 rings (SSSR count). The van der Waals surface area contributed by atoms with Crippen LogP contribution >= 0.6 is 0 Å². The number of ether oxygens (including phenoxy) is 1. The van der Waals surface area contributed by atoms with E-state index in [0.29, 0.717) is 17.9 Å². The van der Waals surface area contributed by atoms with Gasteiger partial charge in [0.25, 0.3) is 0 Å². The summed E-state index contributed by atoms with van der Waals surface area (Å²) in [5, 5.41) is 6.48. The first-order valence-electron chi connectivity index (χ1n) is 7.95. The summed E-state index contributed by atoms with van der Waals surface area (Å²) in [5.41, 5.74) is 0.149. The maximum atomic E-state index is 12.5. The number of methoxy groups -OCH3 is 1. The van der Waals surface area contributed by atoms with Crippen molar-refractivity contribution >= 4 is 5.91 Å². The summed E-state index contributed by atoms with van der Waals surface area (Å²) in [4.78, 5) is 12.5. The van der Waals surface area contributed by atoms with Gasteiger partial charge in [0.2, 0.25) is 5.91 Å². The van der Waals surface area contributed by atoms with Crippen molar-refractivity contribution in [1.29, 1.82) is 0 Å². The van der Waals surface area contributed by atoms with Crippen molar-refractivity contribution in [3.8, 4) is 0 Å². The zero-order valence-electron chi connectivity index (χ0n) is 13.3. The van der Waals surface area contributed by atoms with Gasteiger partial charge in [-0.1, -0.05) is 13.8 Å². The molecule has 20 heavy (non-hydrogen) atoms. The molecule has 4 heteroatoms. The quantitative estimate of drug-likeness (QED) is 0.810. The maximum absolute atomic E-state index is 12.5. The third-order valence-corrected chi connectivity index (χ3v) is 5.16. The fourth-order valence-corrected chi connectivity index (χ4v) is 3.49. The number of amides is 1. The molecule has 0 aromatic carbocycles. The fourth-order valence-electron chi connectivity index (χ4n) is 3.49. The lowest BCUT2D eigenvalue weighted by molar-refractivity contribution is -0.133. The SMILES string of the molecule is COCC1(C(=O)NCC2CCC(C)(C)CC2)CCNC1. The zero-order valence-corrected chi connectivity index (χ0v) is 13.3. The molecule has 4 nitrogen and oxygen atoms in total. The van der Waals surface area contributed by atoms with Crippen LogP contribution in [0, 0.1) is 16.7 Å². The van der Waals surface area contributed by atoms with E-state index in [1.165, 1.54) is 25.7 Å². The molecular formula is C16H30N2O2. The molecule has 0 aromatic rings. The summed E-state index contributed by atoms with van der Waals surface area (Å²) in [6.45, 7) is 7.70. The topological polar surface area (TPSA) is 50.4 Å². The Bertz CT molecular complexity index is 325. The summed E-state index contributed by atoms with van der Waals surface area (Å²) in [5.74, 6) is 0.829. The minimum absolute atomic E-state index is 0.175. The van der Waals surface area contributed by atoms with Crippen molar-refractivity contribution < 1.29 is 9.53 Å². The van der Waals surface area contributed by atoms with E-state index >= 15 is 0 Å². The van der Waals surface area contributed by atoms with Crippen molar-refractivity contribution in [1.82, 2.24) is 10.6 Å². The molecule has 116 valence electrons. The van der Waals surface area contributed by atoms with E-state index in [0.717, 1.165) is 26.1 Å². The van der Waals surface area contributed by atoms with Gasteiger partial charge < -0.3 is 15.4 Å². The van der Waals surface area contributed by atoms with Gasteiger partial charge in [0.05, 0.1) is 12.0 Å². The van der Waals surface area contributed by atoms with E-state index in [4.69, 9.17) is 4.74 Å². The molecular weight excluding hydrogens is 252 g/mol. The average molecular weight is 282 g/mol. The minimum atomic E-state index is -0.345. The molecule has 1 saturated carbocycles. The largest absolute Gasteiger partial charge is 0.384 e. The molecule has 1 atom stereocenters. The van der Waals surface area contributed by atoms with Gasteiger partial charge in [0, 0.05) is 20.2 Å². The second kappa shape index (κ2) is 6.44. The Balaban J connectivity index is 1.80. The summed E-state index contributed by atoms with van der Waals surface area (Å²) < 4.78 is 5.27. The first-order chi connectivity index (χ1) is 9.47. The monoisotopic (exact) mass is 282 g/mol. The van der Waals surface area contributed by atoms with Crippen LogP contribution in [-0.4, -0.2) is 39.3 Å². The van der Waals surface area contributed by atoms with Gasteiger partial charge in [-0.05, 0) is 50.0 Å². The molecule has 2 aliphatic rings. The van der Waals surface area contributed by atoms with Crippen LogP contribution in [0.25, 0.3) is 0 Å². The Morgan fingerprint density at radius 3 is 2.55 bits per heavy atom. The van der Waals surface area contributed by atoms with Crippen LogP contribution in [0.5, 0.6) is 0 Å². The van der Waals surface area contributed by atoms with E-state index < -0.39 is 0 Å². The van der Waals surface area contributed by atoms with Crippen molar-refractivity contribution in [3.63, 3.8) is 0 Å². The van der Waals surface area contributed by atoms with Gasteiger partial charge in [-0.15, -0.1) is 0 Å². The normalized spacial score (nSPS) is 30.4. The molecule has 2 N–H and O–H groups in total. The maximum Gasteiger partial charge on any atom is 0.229 e. The number of hydrogen-bond acceptors (Lipinski definition) is 3. The van der Waals surface area contributed by atoms with Gasteiger partial charge in [-0.3, -0.25) is 4.79 Å². The van der Waals surface area contributed by atoms with E-state index in [9.17, 15) is 4.79 Å². The van der Waals surface area contributed by atoms with E-state index in [1.54, 1.807) is 7.11 Å². The summed E-state index contributed by atoms with van der Waals surface area (Å²) in [6.07, 6.45) is 5.91. The third-order valence-electron chi connectivity index (χ3n) is 5.16. The molecule has 1 aliphatic heterocycles. The van der Waals surface area contributed by atoms with E-state index in [1.807, 2.05) is 0 Å². The van der Waals surface area contributed by atoms with E-state index in [2.05, 4.69) is 24.5 Å². The predicted molar refractivity (Wildman–Crippen MR) is 80.5 cm³/mol. The molecule has 0 bridgehead atoms. The lowest BCUT2D eigenvalue weighted by Crippen LogP contribution is -2.47. The van der Waals surface area contributed by atoms with Gasteiger partial charge in [-0.25, -0.2) is 0 Å². The number of carbonyl (C=O) groups excluding carboxylic acids is 1. The van der Waals surface area contributed by atoms with Crippen LogP contribution < -0.4 is 10.6 Å². The highest BCUT2D eigenvalue weighted by Crippen LogP contribution is 2.37. The second-order valence-corrected chi connectivity index (χ2v) is 7.46. The first kappa shape index (κ1) is 15.8. The van der Waals surface area contributed by atoms with Gasteiger partial charge in [-0.2, -0.15) is 0 Å². The Hall–Kier alpha value is -0.610. The van der Waals surface area contributed by atoms with Gasteiger partial charge in [0.1, 0.15) is 0 Å². The van der Waals surface area contributed by atoms with E-state index in [-0.39, 0.29) is 11.3 Å². The molecule has 2 fully saturated rings. The average Bonchev–Trinajstić information content (AvgIpc) is 2.87. The molecule has 0 aromatic heterocycles. The van der Waals surface area contributed by atoms with Crippen LogP contribution in [-0.2, 0) is 9.53 Å². The number of rotatable bonds is 5. The summed E-state index contributed by atoms with van der Waals surface area (Å²) in [6, 6.07) is 0. The highest BCUT2D eigenvalue weighted by atomic mass is 16.5. The molecule has 1 aliphatic carbocycles. The van der Waals surface area contributed by atoms with Crippen LogP contribution in [0.15, 0.2) is 0 Å². The molecule has 1 saturated heterocycles. The van der Waals surface area contributed by atoms with Crippen molar-refractivity contribution in [2.75, 3.05) is 33.4 Å². The van der Waals surface area contributed by atoms with Gasteiger partial charge in [0.15, 0.2) is 0 Å². The molecule has 1 amide bonds. The predicted octanol–water partition coefficient (Wildman–Crippen LogP) is 1.95. The summed E-state index contributed by atoms with van der Waals surface area (Å²) >= 11 is 0. The van der Waals surface area contributed by atoms with Crippen LogP contribution in [0.1, 0.15) is 46.0 Å². The molecule has 1 unspecified atom stereocenters. The smallest absolute Gasteiger partial charge is 0.229 e. The van der Waals surface area contributed by atoms with Crippen molar-refractivity contribution in [2.45, 2.75) is 46.0 Å². The highest BCUT2D eigenvalue weighted by Gasteiger charge is 2.41. The Labute approximate surface area is 123 Å². The lowest BCUT2D eigenvalue weighted by atomic mass is 9.73. The van der Waals surface area contributed by atoms with Crippen LogP contribution in [0.3, 0.4) is 0 Å². The van der Waals surface area contributed by atoms with Crippen LogP contribution in [0.4, 0.5) is 0 Å². The Morgan fingerprint density at radius 2 is 2.00 bits per heavy atom. The molecule has 0 spiro atoms. The molecule has 1 heterocycles. The lowest BCUT2D eigenvalue weighted by Gasteiger charge is -2.35. The van der Waals surface area contributed by atoms with Crippen molar-refractivity contribution in [3.05, 3.63) is 0 Å². The second-order valence-electron chi connectivity index (χ2n) is 7.46. The summed E-state index contributed by atoms with van der Waals surface area (Å²) in [7, 11) is 1.68. The Morgan fingerprint density at radius 1 is 1.30 bits per heavy atom. The Kier molecular flexibility index (Phi) is 5.08. The number of carbonyl (C=O) groups is 1. The number of hydrogen-bond donors (Lipinski definition) is 2. The zero-order chi connectivity index (χ0) is 14.6.